The van der Waals surface area contributed by atoms with E-state index >= 15 is 0 Å². The predicted octanol–water partition coefficient (Wildman–Crippen LogP) is 2.98. The van der Waals surface area contributed by atoms with Crippen molar-refractivity contribution in [1.82, 2.24) is 9.36 Å². The maximum atomic E-state index is 2.87. The summed E-state index contributed by atoms with van der Waals surface area (Å²) in [6.07, 6.45) is 2.60. The van der Waals surface area contributed by atoms with Gasteiger partial charge in [-0.1, -0.05) is 0 Å². The number of rotatable bonds is 9. The molecule has 0 saturated carbocycles. The Hall–Kier alpha value is 0.679. The molecule has 113 valence electrons. The molecule has 0 bridgehead atoms. The quantitative estimate of drug-likeness (QED) is 0.574. The van der Waals surface area contributed by atoms with Crippen LogP contribution in [0.1, 0.15) is 54.4 Å². The third-order valence-corrected chi connectivity index (χ3v) is 11.3. The molecule has 3 nitrogen and oxygen atoms in total. The van der Waals surface area contributed by atoms with Gasteiger partial charge in [-0.25, -0.2) is 0 Å². The van der Waals surface area contributed by atoms with Crippen molar-refractivity contribution in [1.29, 1.82) is 0 Å². The summed E-state index contributed by atoms with van der Waals surface area (Å²) in [7, 11) is 0. The second-order valence-electron chi connectivity index (χ2n) is 6.66. The van der Waals surface area contributed by atoms with Crippen molar-refractivity contribution >= 4 is 20.6 Å². The fraction of sp³-hybridized carbons (Fsp3) is 1.00. The van der Waals surface area contributed by atoms with Gasteiger partial charge in [0.15, 0.2) is 0 Å². The van der Waals surface area contributed by atoms with Gasteiger partial charge in [-0.3, -0.25) is 0 Å². The molecule has 0 spiro atoms. The van der Waals surface area contributed by atoms with Crippen LogP contribution in [0.4, 0.5) is 0 Å². The van der Waals surface area contributed by atoms with Crippen LogP contribution in [-0.4, -0.2) is 62.8 Å². The molecule has 0 amide bonds. The summed E-state index contributed by atoms with van der Waals surface area (Å²) in [5.41, 5.74) is 0. The molecule has 4 heteroatoms. The van der Waals surface area contributed by atoms with E-state index in [-0.39, 0.29) is 0 Å². The molecule has 1 saturated heterocycles. The molecule has 0 atom stereocenters. The van der Waals surface area contributed by atoms with Crippen molar-refractivity contribution in [2.24, 2.45) is 11.8 Å². The van der Waals surface area contributed by atoms with Gasteiger partial charge in [-0.2, -0.15) is 0 Å². The monoisotopic (exact) mass is 376 g/mol. The second kappa shape index (κ2) is 8.85. The third kappa shape index (κ3) is 5.52. The van der Waals surface area contributed by atoms with Crippen molar-refractivity contribution in [2.75, 3.05) is 32.8 Å². The van der Waals surface area contributed by atoms with E-state index in [1.807, 2.05) is 0 Å². The van der Waals surface area contributed by atoms with Crippen LogP contribution in [0.15, 0.2) is 0 Å². The van der Waals surface area contributed by atoms with Crippen LogP contribution < -0.4 is 0 Å². The third-order valence-electron chi connectivity index (χ3n) is 3.35. The Morgan fingerprint density at radius 1 is 0.895 bits per heavy atom. The standard InChI is InChI=1S/C9H20N2.C6H14N.Sn/c1-8(2)5-10-7-11-6-9(3)4;1-3-5-7-6-4-2;/h8-9H,5-7H2,1-4H3;3-6H2,1-2H3;/q-2;-1;+3. The zero-order chi connectivity index (χ0) is 14.4. The summed E-state index contributed by atoms with van der Waals surface area (Å²) in [5.74, 6) is 1.61. The molecule has 0 aliphatic carbocycles. The SMILES string of the molecule is CCC[N](CCC)[Sn]1[N](CC(C)C)C[N]1CC(C)C. The fourth-order valence-electron chi connectivity index (χ4n) is 2.87. The van der Waals surface area contributed by atoms with E-state index in [0.717, 1.165) is 11.8 Å². The summed E-state index contributed by atoms with van der Waals surface area (Å²) in [6.45, 7) is 20.6. The number of nitrogens with zero attached hydrogens (tertiary/aromatic N) is 3. The first kappa shape index (κ1) is 17.7. The molecule has 1 radical (unpaired) electrons. The first-order valence-corrected chi connectivity index (χ1v) is 11.9. The second-order valence-corrected chi connectivity index (χ2v) is 13.8. The summed E-state index contributed by atoms with van der Waals surface area (Å²) in [6, 6.07) is 0. The van der Waals surface area contributed by atoms with Gasteiger partial charge in [-0.15, -0.1) is 0 Å². The zero-order valence-corrected chi connectivity index (χ0v) is 16.8. The Kier molecular flexibility index (Phi) is 8.26. The number of hydrogen-bond donors (Lipinski definition) is 0. The Labute approximate surface area is 129 Å². The van der Waals surface area contributed by atoms with E-state index in [0.29, 0.717) is 0 Å². The van der Waals surface area contributed by atoms with E-state index in [1.165, 1.54) is 45.7 Å². The van der Waals surface area contributed by atoms with Gasteiger partial charge in [0.25, 0.3) is 0 Å². The maximum absolute atomic E-state index is 2.87. The molecule has 0 aromatic heterocycles. The van der Waals surface area contributed by atoms with Crippen LogP contribution in [-0.2, 0) is 0 Å². The van der Waals surface area contributed by atoms with Crippen LogP contribution >= 0.6 is 0 Å². The molecule has 0 unspecified atom stereocenters. The van der Waals surface area contributed by atoms with Crippen molar-refractivity contribution in [3.63, 3.8) is 0 Å². The van der Waals surface area contributed by atoms with Crippen LogP contribution in [0.2, 0.25) is 0 Å². The van der Waals surface area contributed by atoms with Gasteiger partial charge in [0.05, 0.1) is 0 Å². The summed E-state index contributed by atoms with van der Waals surface area (Å²) < 4.78 is 8.57. The van der Waals surface area contributed by atoms with Crippen molar-refractivity contribution in [3.8, 4) is 0 Å². The fourth-order valence-corrected chi connectivity index (χ4v) is 12.8. The van der Waals surface area contributed by atoms with Crippen LogP contribution in [0.3, 0.4) is 0 Å². The van der Waals surface area contributed by atoms with Crippen LogP contribution in [0, 0.1) is 11.8 Å². The van der Waals surface area contributed by atoms with Gasteiger partial charge in [-0.05, 0) is 0 Å². The molecule has 1 aliphatic heterocycles. The first-order chi connectivity index (χ1) is 8.99. The number of hydrogen-bond acceptors (Lipinski definition) is 3. The van der Waals surface area contributed by atoms with Crippen LogP contribution in [0.25, 0.3) is 0 Å². The van der Waals surface area contributed by atoms with Gasteiger partial charge < -0.3 is 0 Å². The first-order valence-electron chi connectivity index (χ1n) is 8.11. The van der Waals surface area contributed by atoms with Gasteiger partial charge in [0.1, 0.15) is 0 Å². The summed E-state index contributed by atoms with van der Waals surface area (Å²) in [4.78, 5) is 0. The minimum absolute atomic E-state index is 0.807. The summed E-state index contributed by atoms with van der Waals surface area (Å²) >= 11 is -1.64. The van der Waals surface area contributed by atoms with Crippen molar-refractivity contribution < 1.29 is 0 Å². The molecule has 1 heterocycles. The topological polar surface area (TPSA) is 9.72 Å². The summed E-state index contributed by atoms with van der Waals surface area (Å²) in [5, 5.41) is 0. The van der Waals surface area contributed by atoms with Crippen molar-refractivity contribution in [3.05, 3.63) is 0 Å². The predicted molar refractivity (Wildman–Crippen MR) is 85.9 cm³/mol. The molecule has 19 heavy (non-hydrogen) atoms. The van der Waals surface area contributed by atoms with Crippen LogP contribution in [0.5, 0.6) is 0 Å². The zero-order valence-electron chi connectivity index (χ0n) is 13.9. The van der Waals surface area contributed by atoms with E-state index in [9.17, 15) is 0 Å². The molecule has 1 fully saturated rings. The Balaban J connectivity index is 2.65. The average Bonchev–Trinajstić information content (AvgIpc) is 2.26. The molecule has 0 aromatic carbocycles. The van der Waals surface area contributed by atoms with E-state index < -0.39 is 20.6 Å². The molecule has 0 aromatic rings. The Morgan fingerprint density at radius 3 is 1.63 bits per heavy atom. The van der Waals surface area contributed by atoms with Gasteiger partial charge in [0.2, 0.25) is 0 Å². The van der Waals surface area contributed by atoms with E-state index in [2.05, 4.69) is 50.9 Å². The molecular formula is C15H34N3Sn. The van der Waals surface area contributed by atoms with Gasteiger partial charge >= 0.3 is 129 Å². The van der Waals surface area contributed by atoms with E-state index in [4.69, 9.17) is 0 Å². The molecular weight excluding hydrogens is 341 g/mol. The normalized spacial score (nSPS) is 18.8. The van der Waals surface area contributed by atoms with E-state index in [1.54, 1.807) is 0 Å². The Bertz CT molecular complexity index is 224. The molecule has 1 aliphatic rings. The Morgan fingerprint density at radius 2 is 1.32 bits per heavy atom. The van der Waals surface area contributed by atoms with Gasteiger partial charge in [0, 0.05) is 0 Å². The molecule has 1 rings (SSSR count). The average molecular weight is 375 g/mol. The molecule has 0 N–H and O–H groups in total. The minimum atomic E-state index is -1.64. The van der Waals surface area contributed by atoms with Crippen molar-refractivity contribution in [2.45, 2.75) is 54.4 Å².